The van der Waals surface area contributed by atoms with Gasteiger partial charge in [0.25, 0.3) is 5.56 Å². The van der Waals surface area contributed by atoms with Gasteiger partial charge < -0.3 is 10.1 Å². The first kappa shape index (κ1) is 20.5. The number of aliphatic hydroxyl groups is 1. The van der Waals surface area contributed by atoms with Gasteiger partial charge in [0.05, 0.1) is 11.7 Å². The number of aromatic amines is 1. The molecule has 1 aromatic heterocycles. The molecule has 1 aromatic rings. The predicted molar refractivity (Wildman–Crippen MR) is 117 cm³/mol. The molecule has 4 aliphatic carbocycles. The molecule has 1 heterocycles. The molecule has 2 N–H and O–H groups in total. The van der Waals surface area contributed by atoms with Crippen LogP contribution < -0.4 is 5.56 Å². The fourth-order valence-electron chi connectivity index (χ4n) is 8.12. The van der Waals surface area contributed by atoms with Gasteiger partial charge in [-0.2, -0.15) is 10.5 Å². The van der Waals surface area contributed by atoms with Crippen molar-refractivity contribution >= 4 is 0 Å². The van der Waals surface area contributed by atoms with Gasteiger partial charge in [0.1, 0.15) is 17.7 Å². The van der Waals surface area contributed by atoms with E-state index in [1.165, 1.54) is 12.0 Å². The maximum atomic E-state index is 12.5. The zero-order valence-corrected chi connectivity index (χ0v) is 18.4. The van der Waals surface area contributed by atoms with Crippen LogP contribution in [-0.2, 0) is 0 Å². The molecule has 0 bridgehead atoms. The Morgan fingerprint density at radius 3 is 2.65 bits per heavy atom. The van der Waals surface area contributed by atoms with E-state index in [1.807, 2.05) is 12.1 Å². The van der Waals surface area contributed by atoms with Crippen molar-refractivity contribution in [3.63, 3.8) is 0 Å². The smallest absolute Gasteiger partial charge is 0.267 e. The molecular formula is C26H31N3O2. The van der Waals surface area contributed by atoms with Gasteiger partial charge in [-0.15, -0.1) is 0 Å². The molecule has 5 rings (SSSR count). The summed E-state index contributed by atoms with van der Waals surface area (Å²) in [5, 5.41) is 28.9. The number of nitriles is 2. The lowest BCUT2D eigenvalue weighted by Gasteiger charge is -2.58. The van der Waals surface area contributed by atoms with Gasteiger partial charge >= 0.3 is 0 Å². The third kappa shape index (κ3) is 2.86. The van der Waals surface area contributed by atoms with E-state index in [0.717, 1.165) is 50.6 Å². The minimum Gasteiger partial charge on any atom is -0.393 e. The molecule has 3 saturated carbocycles. The number of rotatable bonds is 1. The van der Waals surface area contributed by atoms with E-state index >= 15 is 0 Å². The van der Waals surface area contributed by atoms with E-state index in [-0.39, 0.29) is 34.0 Å². The van der Waals surface area contributed by atoms with E-state index in [0.29, 0.717) is 17.8 Å². The summed E-state index contributed by atoms with van der Waals surface area (Å²) in [6, 6.07) is 5.69. The second-order valence-electron chi connectivity index (χ2n) is 10.9. The largest absolute Gasteiger partial charge is 0.393 e. The van der Waals surface area contributed by atoms with Crippen LogP contribution in [0.4, 0.5) is 0 Å². The molecule has 7 atom stereocenters. The number of nitrogens with one attached hydrogen (secondary N) is 1. The van der Waals surface area contributed by atoms with Crippen molar-refractivity contribution in [3.8, 4) is 12.1 Å². The third-order valence-electron chi connectivity index (χ3n) is 9.74. The quantitative estimate of drug-likeness (QED) is 0.656. The van der Waals surface area contributed by atoms with E-state index in [9.17, 15) is 20.4 Å². The molecule has 0 aliphatic heterocycles. The average Bonchev–Trinajstić information content (AvgIpc) is 3.10. The number of allylic oxidation sites excluding steroid dienone is 1. The lowest BCUT2D eigenvalue weighted by Crippen LogP contribution is -2.50. The Morgan fingerprint density at radius 1 is 1.10 bits per heavy atom. The summed E-state index contributed by atoms with van der Waals surface area (Å²) in [5.74, 6) is 2.14. The van der Waals surface area contributed by atoms with Crippen LogP contribution in [0.25, 0.3) is 0 Å². The Labute approximate surface area is 183 Å². The standard InChI is InChI=1S/C26H31N3O2/c1-25-9-7-17(30)12-16(25)3-4-18-20-5-6-22(26(20,2)10-8-21(18)25)23-11-15(13-27)19(14-28)24(31)29-23/h3,11,17-18,20-22,30H,4-10,12H2,1-2H3,(H,29,31)/t17-,18-,20-,21-,22+,25-,26-/m0/s1. The summed E-state index contributed by atoms with van der Waals surface area (Å²) in [5.41, 5.74) is 2.33. The van der Waals surface area contributed by atoms with E-state index in [1.54, 1.807) is 6.07 Å². The van der Waals surface area contributed by atoms with Crippen LogP contribution in [0.2, 0.25) is 0 Å². The predicted octanol–water partition coefficient (Wildman–Crippen LogP) is 4.53. The number of H-pyrrole nitrogens is 1. The number of aromatic nitrogens is 1. The molecule has 0 unspecified atom stereocenters. The van der Waals surface area contributed by atoms with Crippen LogP contribution >= 0.6 is 0 Å². The molecule has 4 aliphatic rings. The summed E-state index contributed by atoms with van der Waals surface area (Å²) in [4.78, 5) is 15.4. The molecule has 0 amide bonds. The fraction of sp³-hybridized carbons (Fsp3) is 0.654. The summed E-state index contributed by atoms with van der Waals surface area (Å²) in [6.07, 6.45) is 10.7. The minimum atomic E-state index is -0.434. The van der Waals surface area contributed by atoms with Crippen LogP contribution in [-0.4, -0.2) is 16.2 Å². The molecule has 0 aromatic carbocycles. The highest BCUT2D eigenvalue weighted by Crippen LogP contribution is 2.67. The number of fused-ring (bicyclic) bond motifs is 5. The first-order valence-electron chi connectivity index (χ1n) is 11.8. The molecule has 0 radical (unpaired) electrons. The van der Waals surface area contributed by atoms with Crippen molar-refractivity contribution in [2.45, 2.75) is 77.2 Å². The van der Waals surface area contributed by atoms with Crippen molar-refractivity contribution in [3.05, 3.63) is 44.9 Å². The highest BCUT2D eigenvalue weighted by Gasteiger charge is 2.58. The van der Waals surface area contributed by atoms with Crippen molar-refractivity contribution < 1.29 is 5.11 Å². The molecule has 5 heteroatoms. The van der Waals surface area contributed by atoms with E-state index in [4.69, 9.17) is 0 Å². The Morgan fingerprint density at radius 2 is 1.90 bits per heavy atom. The maximum Gasteiger partial charge on any atom is 0.267 e. The number of hydrogen-bond acceptors (Lipinski definition) is 4. The van der Waals surface area contributed by atoms with Crippen LogP contribution in [0.5, 0.6) is 0 Å². The summed E-state index contributed by atoms with van der Waals surface area (Å²) in [6.45, 7) is 4.83. The number of aliphatic hydroxyl groups excluding tert-OH is 1. The summed E-state index contributed by atoms with van der Waals surface area (Å²) >= 11 is 0. The van der Waals surface area contributed by atoms with Gasteiger partial charge in [-0.25, -0.2) is 0 Å². The van der Waals surface area contributed by atoms with Gasteiger partial charge in [0.15, 0.2) is 0 Å². The zero-order chi connectivity index (χ0) is 22.0. The SMILES string of the molecule is C[C@]12CC[C@H]3[C@@H](CC=C4C[C@@H](O)CC[C@@]43C)[C@@H]1CC[C@@H]2c1cc(C#N)c(C#N)c(=O)[nH]1. The van der Waals surface area contributed by atoms with Gasteiger partial charge in [-0.1, -0.05) is 25.5 Å². The fourth-order valence-corrected chi connectivity index (χ4v) is 8.12. The normalized spacial score (nSPS) is 41.2. The second-order valence-corrected chi connectivity index (χ2v) is 10.9. The monoisotopic (exact) mass is 417 g/mol. The topological polar surface area (TPSA) is 101 Å². The first-order chi connectivity index (χ1) is 14.8. The summed E-state index contributed by atoms with van der Waals surface area (Å²) < 4.78 is 0. The number of pyridine rings is 1. The van der Waals surface area contributed by atoms with Crippen molar-refractivity contribution in [2.24, 2.45) is 28.6 Å². The van der Waals surface area contributed by atoms with Crippen LogP contribution in [0, 0.1) is 51.2 Å². The molecular weight excluding hydrogens is 386 g/mol. The highest BCUT2D eigenvalue weighted by molar-refractivity contribution is 5.45. The number of nitrogens with zero attached hydrogens (tertiary/aromatic N) is 2. The summed E-state index contributed by atoms with van der Waals surface area (Å²) in [7, 11) is 0. The molecule has 0 spiro atoms. The average molecular weight is 418 g/mol. The lowest BCUT2D eigenvalue weighted by atomic mass is 9.47. The van der Waals surface area contributed by atoms with Gasteiger partial charge in [-0.05, 0) is 86.0 Å². The molecule has 31 heavy (non-hydrogen) atoms. The van der Waals surface area contributed by atoms with Gasteiger partial charge in [0.2, 0.25) is 0 Å². The van der Waals surface area contributed by atoms with Crippen LogP contribution in [0.1, 0.15) is 88.0 Å². The highest BCUT2D eigenvalue weighted by atomic mass is 16.3. The van der Waals surface area contributed by atoms with Gasteiger partial charge in [0, 0.05) is 11.6 Å². The van der Waals surface area contributed by atoms with Gasteiger partial charge in [-0.3, -0.25) is 4.79 Å². The Bertz CT molecular complexity index is 1090. The minimum absolute atomic E-state index is 0.0768. The molecule has 5 nitrogen and oxygen atoms in total. The maximum absolute atomic E-state index is 12.5. The Hall–Kier alpha value is -2.37. The zero-order valence-electron chi connectivity index (χ0n) is 18.4. The number of hydrogen-bond donors (Lipinski definition) is 2. The molecule has 0 saturated heterocycles. The van der Waals surface area contributed by atoms with E-state index < -0.39 is 5.56 Å². The lowest BCUT2D eigenvalue weighted by molar-refractivity contribution is -0.0412. The van der Waals surface area contributed by atoms with E-state index in [2.05, 4.69) is 24.9 Å². The van der Waals surface area contributed by atoms with Crippen LogP contribution in [0.3, 0.4) is 0 Å². The van der Waals surface area contributed by atoms with Crippen molar-refractivity contribution in [1.82, 2.24) is 4.98 Å². The molecule has 3 fully saturated rings. The Balaban J connectivity index is 1.49. The van der Waals surface area contributed by atoms with Crippen molar-refractivity contribution in [2.75, 3.05) is 0 Å². The first-order valence-corrected chi connectivity index (χ1v) is 11.8. The van der Waals surface area contributed by atoms with Crippen molar-refractivity contribution in [1.29, 1.82) is 10.5 Å². The van der Waals surface area contributed by atoms with Crippen LogP contribution in [0.15, 0.2) is 22.5 Å². The third-order valence-corrected chi connectivity index (χ3v) is 9.74. The second kappa shape index (κ2) is 7.07. The Kier molecular flexibility index (Phi) is 4.68. The molecule has 162 valence electrons.